The molecule has 1 nitrogen and oxygen atoms in total. The van der Waals surface area contributed by atoms with E-state index in [1.807, 2.05) is 0 Å². The zero-order valence-electron chi connectivity index (χ0n) is 9.47. The fourth-order valence-corrected chi connectivity index (χ4v) is 2.42. The largest absolute Gasteiger partial charge is 0.330 e. The normalized spacial score (nSPS) is 15.0. The van der Waals surface area contributed by atoms with Crippen molar-refractivity contribution in [2.24, 2.45) is 5.73 Å². The van der Waals surface area contributed by atoms with Gasteiger partial charge in [-0.1, -0.05) is 18.2 Å². The number of hydrogen-bond acceptors (Lipinski definition) is 1. The van der Waals surface area contributed by atoms with Crippen molar-refractivity contribution in [3.8, 4) is 0 Å². The Morgan fingerprint density at radius 2 is 1.80 bits per heavy atom. The number of aryl methyl sites for hydroxylation is 3. The van der Waals surface area contributed by atoms with Gasteiger partial charge in [-0.2, -0.15) is 0 Å². The number of hydrogen-bond donors (Lipinski definition) is 1. The molecule has 0 saturated carbocycles. The third kappa shape index (κ3) is 2.82. The minimum atomic E-state index is 0.824. The molecule has 1 aliphatic carbocycles. The Hall–Kier alpha value is -0.820. The molecule has 82 valence electrons. The predicted molar refractivity (Wildman–Crippen MR) is 65.1 cm³/mol. The topological polar surface area (TPSA) is 26.0 Å². The van der Waals surface area contributed by atoms with E-state index in [0.717, 1.165) is 13.0 Å². The van der Waals surface area contributed by atoms with E-state index < -0.39 is 0 Å². The number of rotatable bonds is 4. The maximum Gasteiger partial charge on any atom is -0.00772 e. The standard InChI is InChI=1S/C14H21N/c15-10-4-3-5-12-8-9-13-6-1-2-7-14(13)11-12/h8-9,11H,1-7,10,15H2. The first kappa shape index (κ1) is 10.7. The molecule has 0 bridgehead atoms. The molecule has 0 aliphatic heterocycles. The van der Waals surface area contributed by atoms with Gasteiger partial charge in [0.15, 0.2) is 0 Å². The molecule has 0 fully saturated rings. The summed E-state index contributed by atoms with van der Waals surface area (Å²) in [5.74, 6) is 0. The van der Waals surface area contributed by atoms with Gasteiger partial charge >= 0.3 is 0 Å². The van der Waals surface area contributed by atoms with E-state index >= 15 is 0 Å². The van der Waals surface area contributed by atoms with Crippen LogP contribution in [0.25, 0.3) is 0 Å². The Morgan fingerprint density at radius 1 is 1.00 bits per heavy atom. The van der Waals surface area contributed by atoms with Crippen molar-refractivity contribution in [1.82, 2.24) is 0 Å². The Bertz CT molecular complexity index is 317. The van der Waals surface area contributed by atoms with E-state index in [-0.39, 0.29) is 0 Å². The molecule has 1 aromatic rings. The lowest BCUT2D eigenvalue weighted by atomic mass is 9.89. The van der Waals surface area contributed by atoms with Crippen molar-refractivity contribution in [1.29, 1.82) is 0 Å². The van der Waals surface area contributed by atoms with E-state index in [0.29, 0.717) is 0 Å². The lowest BCUT2D eigenvalue weighted by Crippen LogP contribution is -2.04. The van der Waals surface area contributed by atoms with Crippen LogP contribution in [0, 0.1) is 0 Å². The number of unbranched alkanes of at least 4 members (excludes halogenated alkanes) is 1. The molecule has 0 atom stereocenters. The second-order valence-corrected chi connectivity index (χ2v) is 4.56. The lowest BCUT2D eigenvalue weighted by Gasteiger charge is -2.16. The summed E-state index contributed by atoms with van der Waals surface area (Å²) in [5, 5.41) is 0. The molecule has 1 heteroatoms. The quantitative estimate of drug-likeness (QED) is 0.748. The van der Waals surface area contributed by atoms with Gasteiger partial charge in [-0.05, 0) is 68.2 Å². The Morgan fingerprint density at radius 3 is 2.60 bits per heavy atom. The molecular formula is C14H21N. The Labute approximate surface area is 92.7 Å². The highest BCUT2D eigenvalue weighted by molar-refractivity contribution is 5.33. The first-order valence-electron chi connectivity index (χ1n) is 6.21. The van der Waals surface area contributed by atoms with Crippen LogP contribution in [0.4, 0.5) is 0 Å². The molecule has 1 aromatic carbocycles. The monoisotopic (exact) mass is 203 g/mol. The van der Waals surface area contributed by atoms with Crippen LogP contribution in [-0.4, -0.2) is 6.54 Å². The van der Waals surface area contributed by atoms with Gasteiger partial charge < -0.3 is 5.73 Å². The van der Waals surface area contributed by atoms with Gasteiger partial charge in [0.1, 0.15) is 0 Å². The smallest absolute Gasteiger partial charge is 0.00772 e. The summed E-state index contributed by atoms with van der Waals surface area (Å²) in [6.45, 7) is 0.824. The van der Waals surface area contributed by atoms with Crippen molar-refractivity contribution in [2.75, 3.05) is 6.54 Å². The molecule has 0 saturated heterocycles. The van der Waals surface area contributed by atoms with Crippen molar-refractivity contribution in [3.05, 3.63) is 34.9 Å². The Kier molecular flexibility index (Phi) is 3.79. The number of fused-ring (bicyclic) bond motifs is 1. The highest BCUT2D eigenvalue weighted by Gasteiger charge is 2.08. The molecular weight excluding hydrogens is 182 g/mol. The zero-order chi connectivity index (χ0) is 10.5. The van der Waals surface area contributed by atoms with Gasteiger partial charge in [0, 0.05) is 0 Å². The van der Waals surface area contributed by atoms with Crippen molar-refractivity contribution >= 4 is 0 Å². The fourth-order valence-electron chi connectivity index (χ4n) is 2.42. The highest BCUT2D eigenvalue weighted by Crippen LogP contribution is 2.22. The average molecular weight is 203 g/mol. The molecule has 0 radical (unpaired) electrons. The van der Waals surface area contributed by atoms with Crippen LogP contribution in [-0.2, 0) is 19.3 Å². The minimum Gasteiger partial charge on any atom is -0.330 e. The second-order valence-electron chi connectivity index (χ2n) is 4.56. The van der Waals surface area contributed by atoms with Crippen LogP contribution in [0.3, 0.4) is 0 Å². The van der Waals surface area contributed by atoms with Crippen LogP contribution in [0.1, 0.15) is 42.4 Å². The summed E-state index contributed by atoms with van der Waals surface area (Å²) in [6, 6.07) is 7.07. The second kappa shape index (κ2) is 5.32. The van der Waals surface area contributed by atoms with Crippen molar-refractivity contribution in [2.45, 2.75) is 44.9 Å². The van der Waals surface area contributed by atoms with Gasteiger partial charge in [0.05, 0.1) is 0 Å². The first-order valence-corrected chi connectivity index (χ1v) is 6.21. The van der Waals surface area contributed by atoms with E-state index in [9.17, 15) is 0 Å². The van der Waals surface area contributed by atoms with E-state index in [2.05, 4.69) is 18.2 Å². The maximum absolute atomic E-state index is 5.50. The molecule has 0 unspecified atom stereocenters. The lowest BCUT2D eigenvalue weighted by molar-refractivity contribution is 0.682. The third-order valence-electron chi connectivity index (χ3n) is 3.33. The van der Waals surface area contributed by atoms with Crippen LogP contribution < -0.4 is 5.73 Å². The summed E-state index contributed by atoms with van der Waals surface area (Å²) in [4.78, 5) is 0. The van der Waals surface area contributed by atoms with Crippen LogP contribution in [0.15, 0.2) is 18.2 Å². The molecule has 1 aliphatic rings. The predicted octanol–water partition coefficient (Wildman–Crippen LogP) is 2.85. The van der Waals surface area contributed by atoms with E-state index in [1.54, 1.807) is 11.1 Å². The Balaban J connectivity index is 2.00. The van der Waals surface area contributed by atoms with Gasteiger partial charge in [-0.3, -0.25) is 0 Å². The molecule has 15 heavy (non-hydrogen) atoms. The molecule has 2 N–H and O–H groups in total. The van der Waals surface area contributed by atoms with Crippen LogP contribution in [0.2, 0.25) is 0 Å². The fraction of sp³-hybridized carbons (Fsp3) is 0.571. The average Bonchev–Trinajstić information content (AvgIpc) is 2.29. The maximum atomic E-state index is 5.50. The van der Waals surface area contributed by atoms with Crippen LogP contribution in [0.5, 0.6) is 0 Å². The summed E-state index contributed by atoms with van der Waals surface area (Å²) in [7, 11) is 0. The highest BCUT2D eigenvalue weighted by atomic mass is 14.5. The van der Waals surface area contributed by atoms with Crippen molar-refractivity contribution in [3.63, 3.8) is 0 Å². The molecule has 0 amide bonds. The zero-order valence-corrected chi connectivity index (χ0v) is 9.47. The van der Waals surface area contributed by atoms with E-state index in [4.69, 9.17) is 5.73 Å². The molecule has 0 aromatic heterocycles. The van der Waals surface area contributed by atoms with Gasteiger partial charge in [-0.15, -0.1) is 0 Å². The first-order chi connectivity index (χ1) is 7.40. The SMILES string of the molecule is NCCCCc1ccc2c(c1)CCCC2. The van der Waals surface area contributed by atoms with Gasteiger partial charge in [0.2, 0.25) is 0 Å². The third-order valence-corrected chi connectivity index (χ3v) is 3.33. The summed E-state index contributed by atoms with van der Waals surface area (Å²) in [6.07, 6.45) is 8.91. The summed E-state index contributed by atoms with van der Waals surface area (Å²) in [5.41, 5.74) is 10.2. The summed E-state index contributed by atoms with van der Waals surface area (Å²) >= 11 is 0. The number of benzene rings is 1. The van der Waals surface area contributed by atoms with Gasteiger partial charge in [0.25, 0.3) is 0 Å². The van der Waals surface area contributed by atoms with Gasteiger partial charge in [-0.25, -0.2) is 0 Å². The van der Waals surface area contributed by atoms with Crippen LogP contribution >= 0.6 is 0 Å². The molecule has 0 heterocycles. The van der Waals surface area contributed by atoms with E-state index in [1.165, 1.54) is 44.1 Å². The number of nitrogens with two attached hydrogens (primary N) is 1. The minimum absolute atomic E-state index is 0.824. The summed E-state index contributed by atoms with van der Waals surface area (Å²) < 4.78 is 0. The molecule has 2 rings (SSSR count). The van der Waals surface area contributed by atoms with Crippen molar-refractivity contribution < 1.29 is 0 Å². The molecule has 0 spiro atoms.